The Morgan fingerprint density at radius 2 is 0.712 bits per heavy atom. The first-order chi connectivity index (χ1) is 32.2. The van der Waals surface area contributed by atoms with E-state index in [1.54, 1.807) is 0 Å². The van der Waals surface area contributed by atoms with Gasteiger partial charge in [-0.3, -0.25) is 0 Å². The van der Waals surface area contributed by atoms with E-state index in [4.69, 9.17) is 9.97 Å². The molecule has 0 bridgehead atoms. The van der Waals surface area contributed by atoms with Crippen LogP contribution in [0.2, 0.25) is 0 Å². The number of aromatic nitrogens is 2. The predicted octanol–water partition coefficient (Wildman–Crippen LogP) is 16.9. The van der Waals surface area contributed by atoms with Gasteiger partial charge in [-0.25, -0.2) is 9.97 Å². The molecule has 312 valence electrons. The highest BCUT2D eigenvalue weighted by Crippen LogP contribution is 2.52. The topological polar surface area (TPSA) is 25.8 Å². The van der Waals surface area contributed by atoms with Crippen molar-refractivity contribution in [1.82, 2.24) is 9.97 Å². The van der Waals surface area contributed by atoms with Crippen molar-refractivity contribution >= 4 is 32.6 Å². The predicted molar refractivity (Wildman–Crippen MR) is 277 cm³/mol. The first kappa shape index (κ1) is 38.5. The van der Waals surface area contributed by atoms with E-state index in [0.29, 0.717) is 0 Å². The Morgan fingerprint density at radius 1 is 0.273 bits per heavy atom. The third-order valence-corrected chi connectivity index (χ3v) is 14.9. The minimum atomic E-state index is -0.132. The van der Waals surface area contributed by atoms with E-state index in [-0.39, 0.29) is 10.8 Å². The van der Waals surface area contributed by atoms with Crippen molar-refractivity contribution in [2.75, 3.05) is 0 Å². The normalized spacial score (nSPS) is 14.0. The Morgan fingerprint density at radius 3 is 1.32 bits per heavy atom. The van der Waals surface area contributed by atoms with Crippen LogP contribution in [0.4, 0.5) is 0 Å². The molecule has 2 heteroatoms. The van der Waals surface area contributed by atoms with E-state index in [2.05, 4.69) is 234 Å². The molecule has 0 saturated heterocycles. The maximum atomic E-state index is 5.62. The van der Waals surface area contributed by atoms with Crippen LogP contribution in [0.25, 0.3) is 111 Å². The number of hydrogen-bond acceptors (Lipinski definition) is 2. The molecule has 66 heavy (non-hydrogen) atoms. The fourth-order valence-corrected chi connectivity index (χ4v) is 11.4. The lowest BCUT2D eigenvalue weighted by atomic mass is 9.81. The SMILES string of the molecule is CC1(C)c2ccccc2-c2ccc(-c3cc4c(-c5ccc6c(c5)C(C)(C)c5ccccc5-6)cc(-c5ccc(-c6cc(-c7ccccc7)c7ccccc7n6)cc5)nc4c4ccccc34)cc21. The van der Waals surface area contributed by atoms with Gasteiger partial charge in [-0.1, -0.05) is 198 Å². The number of para-hydroxylation sites is 1. The van der Waals surface area contributed by atoms with Crippen molar-refractivity contribution in [3.05, 3.63) is 229 Å². The minimum absolute atomic E-state index is 0.102. The van der Waals surface area contributed by atoms with Crippen LogP contribution in [0, 0.1) is 0 Å². The number of rotatable bonds is 5. The molecule has 11 aromatic rings. The first-order valence-corrected chi connectivity index (χ1v) is 23.1. The van der Waals surface area contributed by atoms with Gasteiger partial charge in [0, 0.05) is 38.1 Å². The molecular formula is C64H46N2. The lowest BCUT2D eigenvalue weighted by Crippen LogP contribution is -2.15. The molecule has 2 aliphatic rings. The number of hydrogen-bond donors (Lipinski definition) is 0. The number of fused-ring (bicyclic) bond motifs is 10. The first-order valence-electron chi connectivity index (χ1n) is 23.1. The van der Waals surface area contributed by atoms with Crippen LogP contribution in [0.5, 0.6) is 0 Å². The van der Waals surface area contributed by atoms with E-state index >= 15 is 0 Å². The molecule has 2 aliphatic carbocycles. The Hall–Kier alpha value is -7.94. The molecule has 0 saturated carbocycles. The van der Waals surface area contributed by atoms with Gasteiger partial charge in [0.25, 0.3) is 0 Å². The summed E-state index contributed by atoms with van der Waals surface area (Å²) >= 11 is 0. The summed E-state index contributed by atoms with van der Waals surface area (Å²) in [7, 11) is 0. The third kappa shape index (κ3) is 5.74. The van der Waals surface area contributed by atoms with Gasteiger partial charge in [0.15, 0.2) is 0 Å². The summed E-state index contributed by atoms with van der Waals surface area (Å²) in [5.74, 6) is 0. The van der Waals surface area contributed by atoms with Crippen LogP contribution in [0.1, 0.15) is 49.9 Å². The molecule has 2 nitrogen and oxygen atoms in total. The highest BCUT2D eigenvalue weighted by atomic mass is 14.7. The molecule has 0 N–H and O–H groups in total. The van der Waals surface area contributed by atoms with Crippen LogP contribution >= 0.6 is 0 Å². The van der Waals surface area contributed by atoms with E-state index in [9.17, 15) is 0 Å². The van der Waals surface area contributed by atoms with Crippen molar-refractivity contribution in [2.24, 2.45) is 0 Å². The highest BCUT2D eigenvalue weighted by molar-refractivity contribution is 6.16. The monoisotopic (exact) mass is 842 g/mol. The fourth-order valence-electron chi connectivity index (χ4n) is 11.4. The zero-order chi connectivity index (χ0) is 44.3. The molecule has 0 radical (unpaired) electrons. The molecule has 2 heterocycles. The summed E-state index contributed by atoms with van der Waals surface area (Å²) in [4.78, 5) is 10.8. The van der Waals surface area contributed by atoms with E-state index in [0.717, 1.165) is 49.7 Å². The van der Waals surface area contributed by atoms with Gasteiger partial charge in [0.1, 0.15) is 0 Å². The van der Waals surface area contributed by atoms with Crippen LogP contribution in [-0.4, -0.2) is 9.97 Å². The van der Waals surface area contributed by atoms with Crippen LogP contribution in [-0.2, 0) is 10.8 Å². The van der Waals surface area contributed by atoms with E-state index in [1.165, 1.54) is 83.3 Å². The van der Waals surface area contributed by atoms with Crippen molar-refractivity contribution in [2.45, 2.75) is 38.5 Å². The highest BCUT2D eigenvalue weighted by Gasteiger charge is 2.37. The zero-order valence-corrected chi connectivity index (χ0v) is 37.5. The molecule has 0 unspecified atom stereocenters. The number of nitrogens with zero attached hydrogens (tertiary/aromatic N) is 2. The van der Waals surface area contributed by atoms with Gasteiger partial charge in [-0.2, -0.15) is 0 Å². The van der Waals surface area contributed by atoms with Gasteiger partial charge < -0.3 is 0 Å². The van der Waals surface area contributed by atoms with Gasteiger partial charge in [0.05, 0.1) is 22.4 Å². The zero-order valence-electron chi connectivity index (χ0n) is 37.5. The maximum absolute atomic E-state index is 5.62. The molecule has 0 atom stereocenters. The van der Waals surface area contributed by atoms with Gasteiger partial charge in [-0.05, 0) is 120 Å². The van der Waals surface area contributed by atoms with Crippen LogP contribution < -0.4 is 0 Å². The summed E-state index contributed by atoms with van der Waals surface area (Å²) < 4.78 is 0. The van der Waals surface area contributed by atoms with E-state index < -0.39 is 0 Å². The summed E-state index contributed by atoms with van der Waals surface area (Å²) in [6.07, 6.45) is 0. The molecular weight excluding hydrogens is 797 g/mol. The smallest absolute Gasteiger partial charge is 0.0794 e. The lowest BCUT2D eigenvalue weighted by molar-refractivity contribution is 0.660. The average Bonchev–Trinajstić information content (AvgIpc) is 3.74. The lowest BCUT2D eigenvalue weighted by Gasteiger charge is -2.23. The molecule has 0 spiro atoms. The van der Waals surface area contributed by atoms with Gasteiger partial charge in [-0.15, -0.1) is 0 Å². The summed E-state index contributed by atoms with van der Waals surface area (Å²) in [6.45, 7) is 9.46. The van der Waals surface area contributed by atoms with Crippen molar-refractivity contribution in [3.8, 4) is 78.1 Å². The Balaban J connectivity index is 1.01. The minimum Gasteiger partial charge on any atom is -0.248 e. The van der Waals surface area contributed by atoms with Crippen molar-refractivity contribution in [3.63, 3.8) is 0 Å². The average molecular weight is 843 g/mol. The van der Waals surface area contributed by atoms with Crippen LogP contribution in [0.15, 0.2) is 206 Å². The molecule has 13 rings (SSSR count). The number of benzene rings is 9. The van der Waals surface area contributed by atoms with Crippen molar-refractivity contribution < 1.29 is 0 Å². The third-order valence-electron chi connectivity index (χ3n) is 14.9. The number of pyridine rings is 2. The standard InChI is InChI=1S/C64H46N2/c1-63(2)55-23-13-10-19-45(55)47-32-30-42(34-57(47)63)51-36-54-53(43-31-33-48-46-20-11-14-24-56(46)64(3,4)58(48)35-43)38-61(66-62(54)50-22-9-8-18-44(50)51)41-28-26-40(27-29-41)60-37-52(39-16-6-5-7-17-39)49-21-12-15-25-59(49)65-60/h5-38H,1-4H3. The maximum Gasteiger partial charge on any atom is 0.0794 e. The van der Waals surface area contributed by atoms with E-state index in [1.807, 2.05) is 0 Å². The quantitative estimate of drug-likeness (QED) is 0.161. The summed E-state index contributed by atoms with van der Waals surface area (Å²) in [5, 5.41) is 4.65. The second-order valence-corrected chi connectivity index (χ2v) is 19.3. The molecule has 0 aliphatic heterocycles. The largest absolute Gasteiger partial charge is 0.248 e. The molecule has 0 fully saturated rings. The fraction of sp³-hybridized carbons (Fsp3) is 0.0938. The second-order valence-electron chi connectivity index (χ2n) is 19.3. The van der Waals surface area contributed by atoms with Gasteiger partial charge in [0.2, 0.25) is 0 Å². The van der Waals surface area contributed by atoms with Crippen LogP contribution in [0.3, 0.4) is 0 Å². The Kier molecular flexibility index (Phi) is 8.33. The van der Waals surface area contributed by atoms with Crippen molar-refractivity contribution in [1.29, 1.82) is 0 Å². The Bertz CT molecular complexity index is 3800. The summed E-state index contributed by atoms with van der Waals surface area (Å²) in [5.41, 5.74) is 23.8. The molecule has 2 aromatic heterocycles. The molecule has 9 aromatic carbocycles. The summed E-state index contributed by atoms with van der Waals surface area (Å²) in [6, 6.07) is 75.8. The van der Waals surface area contributed by atoms with Gasteiger partial charge >= 0.3 is 0 Å². The molecule has 0 amide bonds. The second kappa shape index (κ2) is 14.3. The Labute approximate surface area is 385 Å².